The SMILES string of the molecule is O=C(NCCNC(=O)c1cccs1)c1ccc(NC(=O)c2ccc3c(c2)OCO3)cc1. The van der Waals surface area contributed by atoms with E-state index in [0.29, 0.717) is 46.3 Å². The van der Waals surface area contributed by atoms with Crippen LogP contribution < -0.4 is 25.4 Å². The number of fused-ring (bicyclic) bond motifs is 1. The van der Waals surface area contributed by atoms with Gasteiger partial charge in [-0.1, -0.05) is 6.07 Å². The second kappa shape index (κ2) is 9.31. The van der Waals surface area contributed by atoms with Crippen LogP contribution in [0.1, 0.15) is 30.4 Å². The van der Waals surface area contributed by atoms with Crippen molar-refractivity contribution >= 4 is 34.7 Å². The third kappa shape index (κ3) is 5.01. The molecule has 0 saturated carbocycles. The maximum absolute atomic E-state index is 12.4. The lowest BCUT2D eigenvalue weighted by molar-refractivity contribution is 0.0929. The third-order valence-electron chi connectivity index (χ3n) is 4.48. The highest BCUT2D eigenvalue weighted by molar-refractivity contribution is 7.12. The Bertz CT molecular complexity index is 1100. The van der Waals surface area contributed by atoms with Gasteiger partial charge in [-0.05, 0) is 53.9 Å². The Morgan fingerprint density at radius 3 is 2.26 bits per heavy atom. The summed E-state index contributed by atoms with van der Waals surface area (Å²) in [5, 5.41) is 10.1. The van der Waals surface area contributed by atoms with Crippen LogP contribution in [-0.4, -0.2) is 37.6 Å². The van der Waals surface area contributed by atoms with Crippen LogP contribution in [0, 0.1) is 0 Å². The van der Waals surface area contributed by atoms with Gasteiger partial charge in [0.15, 0.2) is 11.5 Å². The van der Waals surface area contributed by atoms with Crippen molar-refractivity contribution in [3.05, 3.63) is 76.0 Å². The highest BCUT2D eigenvalue weighted by Crippen LogP contribution is 2.32. The predicted octanol–water partition coefficient (Wildman–Crippen LogP) is 2.89. The zero-order valence-corrected chi connectivity index (χ0v) is 17.2. The molecule has 31 heavy (non-hydrogen) atoms. The molecule has 0 aliphatic carbocycles. The molecule has 1 aliphatic heterocycles. The predicted molar refractivity (Wildman–Crippen MR) is 116 cm³/mol. The van der Waals surface area contributed by atoms with Crippen LogP contribution in [0.25, 0.3) is 0 Å². The highest BCUT2D eigenvalue weighted by atomic mass is 32.1. The topological polar surface area (TPSA) is 106 Å². The van der Waals surface area contributed by atoms with Crippen molar-refractivity contribution in [1.29, 1.82) is 0 Å². The van der Waals surface area contributed by atoms with Gasteiger partial charge in [-0.2, -0.15) is 0 Å². The normalized spacial score (nSPS) is 11.6. The standard InChI is InChI=1S/C22H19N3O5S/c26-20(23-9-10-24-22(28)19-2-1-11-31-19)14-3-6-16(7-4-14)25-21(27)15-5-8-17-18(12-15)30-13-29-17/h1-8,11-12H,9-10,13H2,(H,23,26)(H,24,28)(H,25,27). The monoisotopic (exact) mass is 437 g/mol. The van der Waals surface area contributed by atoms with Gasteiger partial charge in [0, 0.05) is 29.9 Å². The van der Waals surface area contributed by atoms with Crippen LogP contribution in [0.3, 0.4) is 0 Å². The molecule has 9 heteroatoms. The molecule has 2 heterocycles. The van der Waals surface area contributed by atoms with Crippen molar-refractivity contribution in [3.8, 4) is 11.5 Å². The summed E-state index contributed by atoms with van der Waals surface area (Å²) in [6, 6.07) is 15.1. The number of carbonyl (C=O) groups is 3. The van der Waals surface area contributed by atoms with E-state index < -0.39 is 0 Å². The van der Waals surface area contributed by atoms with E-state index in [4.69, 9.17) is 9.47 Å². The molecule has 0 spiro atoms. The molecule has 8 nitrogen and oxygen atoms in total. The van der Waals surface area contributed by atoms with Crippen molar-refractivity contribution in [2.75, 3.05) is 25.2 Å². The van der Waals surface area contributed by atoms with Gasteiger partial charge in [0.25, 0.3) is 17.7 Å². The molecule has 3 aromatic rings. The van der Waals surface area contributed by atoms with Gasteiger partial charge in [-0.3, -0.25) is 14.4 Å². The molecule has 3 N–H and O–H groups in total. The maximum Gasteiger partial charge on any atom is 0.261 e. The molecule has 0 saturated heterocycles. The first-order valence-electron chi connectivity index (χ1n) is 9.51. The summed E-state index contributed by atoms with van der Waals surface area (Å²) in [5.41, 5.74) is 1.45. The van der Waals surface area contributed by atoms with E-state index in [0.717, 1.165) is 0 Å². The first-order chi connectivity index (χ1) is 15.1. The third-order valence-corrected chi connectivity index (χ3v) is 5.35. The van der Waals surface area contributed by atoms with Crippen LogP contribution in [0.2, 0.25) is 0 Å². The van der Waals surface area contributed by atoms with Gasteiger partial charge in [0.05, 0.1) is 4.88 Å². The minimum absolute atomic E-state index is 0.144. The molecule has 0 fully saturated rings. The van der Waals surface area contributed by atoms with E-state index in [2.05, 4.69) is 16.0 Å². The second-order valence-corrected chi connectivity index (χ2v) is 7.54. The molecule has 1 aromatic heterocycles. The van der Waals surface area contributed by atoms with Crippen molar-refractivity contribution in [2.24, 2.45) is 0 Å². The largest absolute Gasteiger partial charge is 0.454 e. The fourth-order valence-electron chi connectivity index (χ4n) is 2.89. The van der Waals surface area contributed by atoms with E-state index in [1.54, 1.807) is 48.5 Å². The highest BCUT2D eigenvalue weighted by Gasteiger charge is 2.16. The van der Waals surface area contributed by atoms with Gasteiger partial charge in [0.2, 0.25) is 6.79 Å². The maximum atomic E-state index is 12.4. The molecule has 0 unspecified atom stereocenters. The molecule has 3 amide bonds. The summed E-state index contributed by atoms with van der Waals surface area (Å²) in [6.45, 7) is 0.773. The number of rotatable bonds is 7. The van der Waals surface area contributed by atoms with Gasteiger partial charge in [-0.15, -0.1) is 11.3 Å². The first kappa shape index (κ1) is 20.4. The Kier molecular flexibility index (Phi) is 6.13. The van der Waals surface area contributed by atoms with Crippen molar-refractivity contribution in [2.45, 2.75) is 0 Å². The lowest BCUT2D eigenvalue weighted by atomic mass is 10.1. The van der Waals surface area contributed by atoms with Gasteiger partial charge >= 0.3 is 0 Å². The lowest BCUT2D eigenvalue weighted by Gasteiger charge is -2.08. The van der Waals surface area contributed by atoms with Gasteiger partial charge < -0.3 is 25.4 Å². The fourth-order valence-corrected chi connectivity index (χ4v) is 3.54. The van der Waals surface area contributed by atoms with E-state index in [9.17, 15) is 14.4 Å². The van der Waals surface area contributed by atoms with Gasteiger partial charge in [-0.25, -0.2) is 0 Å². The molecule has 0 bridgehead atoms. The minimum Gasteiger partial charge on any atom is -0.454 e. The summed E-state index contributed by atoms with van der Waals surface area (Å²) in [7, 11) is 0. The number of carbonyl (C=O) groups excluding carboxylic acids is 3. The van der Waals surface area contributed by atoms with Crippen molar-refractivity contribution in [3.63, 3.8) is 0 Å². The Labute approximate surface area is 182 Å². The van der Waals surface area contributed by atoms with Gasteiger partial charge in [0.1, 0.15) is 0 Å². The number of thiophene rings is 1. The number of nitrogens with one attached hydrogen (secondary N) is 3. The van der Waals surface area contributed by atoms with E-state index in [1.807, 2.05) is 11.4 Å². The van der Waals surface area contributed by atoms with Crippen LogP contribution >= 0.6 is 11.3 Å². The fraction of sp³-hybridized carbons (Fsp3) is 0.136. The van der Waals surface area contributed by atoms with E-state index in [-0.39, 0.29) is 24.5 Å². The molecule has 0 atom stereocenters. The molecule has 158 valence electrons. The molecular weight excluding hydrogens is 418 g/mol. The summed E-state index contributed by atoms with van der Waals surface area (Å²) in [6.07, 6.45) is 0. The molecule has 0 radical (unpaired) electrons. The number of hydrogen-bond donors (Lipinski definition) is 3. The summed E-state index contributed by atoms with van der Waals surface area (Å²) in [4.78, 5) is 37.1. The van der Waals surface area contributed by atoms with Crippen LogP contribution in [0.4, 0.5) is 5.69 Å². The quantitative estimate of drug-likeness (QED) is 0.493. The molecular formula is C22H19N3O5S. The second-order valence-electron chi connectivity index (χ2n) is 6.59. The zero-order valence-electron chi connectivity index (χ0n) is 16.3. The first-order valence-corrected chi connectivity index (χ1v) is 10.4. The summed E-state index contributed by atoms with van der Waals surface area (Å²) < 4.78 is 10.5. The number of anilines is 1. The molecule has 1 aliphatic rings. The average Bonchev–Trinajstić information content (AvgIpc) is 3.48. The van der Waals surface area contributed by atoms with Crippen LogP contribution in [0.15, 0.2) is 60.0 Å². The average molecular weight is 437 g/mol. The molecule has 4 rings (SSSR count). The van der Waals surface area contributed by atoms with Crippen LogP contribution in [-0.2, 0) is 0 Å². The number of ether oxygens (including phenoxy) is 2. The smallest absolute Gasteiger partial charge is 0.261 e. The number of benzene rings is 2. The Hall–Kier alpha value is -3.85. The summed E-state index contributed by atoms with van der Waals surface area (Å²) >= 11 is 1.36. The summed E-state index contributed by atoms with van der Waals surface area (Å²) in [5.74, 6) is 0.423. The van der Waals surface area contributed by atoms with Crippen molar-refractivity contribution in [1.82, 2.24) is 10.6 Å². The lowest BCUT2D eigenvalue weighted by Crippen LogP contribution is -2.34. The van der Waals surface area contributed by atoms with Crippen molar-refractivity contribution < 1.29 is 23.9 Å². The number of hydrogen-bond acceptors (Lipinski definition) is 6. The Balaban J connectivity index is 1.25. The van der Waals surface area contributed by atoms with E-state index >= 15 is 0 Å². The minimum atomic E-state index is -0.294. The van der Waals surface area contributed by atoms with E-state index in [1.165, 1.54) is 11.3 Å². The zero-order chi connectivity index (χ0) is 21.6. The Morgan fingerprint density at radius 2 is 1.52 bits per heavy atom. The Morgan fingerprint density at radius 1 is 0.806 bits per heavy atom. The van der Waals surface area contributed by atoms with Crippen LogP contribution in [0.5, 0.6) is 11.5 Å². The number of amides is 3. The molecule has 2 aromatic carbocycles.